The van der Waals surface area contributed by atoms with Crippen LogP contribution in [0.1, 0.15) is 35.4 Å². The van der Waals surface area contributed by atoms with Gasteiger partial charge in [-0.3, -0.25) is 9.59 Å². The normalized spacial score (nSPS) is 22.2. The van der Waals surface area contributed by atoms with E-state index in [1.807, 2.05) is 13.0 Å². The first kappa shape index (κ1) is 20.4. The van der Waals surface area contributed by atoms with E-state index in [2.05, 4.69) is 0 Å². The molecule has 3 aliphatic heterocycles. The molecule has 0 saturated carbocycles. The number of fused-ring (bicyclic) bond motifs is 2. The highest BCUT2D eigenvalue weighted by Crippen LogP contribution is 2.42. The molecule has 34 heavy (non-hydrogen) atoms. The molecule has 6 rings (SSSR count). The molecule has 0 spiro atoms. The number of nitrogens with zero attached hydrogens (tertiary/aromatic N) is 1. The minimum Gasteiger partial charge on any atom is -0.507 e. The number of rotatable bonds is 4. The lowest BCUT2D eigenvalue weighted by molar-refractivity contribution is -0.140. The number of Topliss-reactive ketones (excluding diaryl/α,β-unsaturated/α-hetero) is 1. The van der Waals surface area contributed by atoms with Crippen LogP contribution in [0.15, 0.2) is 64.8 Å². The van der Waals surface area contributed by atoms with Crippen molar-refractivity contribution in [2.45, 2.75) is 32.0 Å². The van der Waals surface area contributed by atoms with E-state index in [9.17, 15) is 14.7 Å². The van der Waals surface area contributed by atoms with Crippen LogP contribution in [0.4, 0.5) is 0 Å². The summed E-state index contributed by atoms with van der Waals surface area (Å²) in [6.45, 7) is 2.23. The zero-order valence-electron chi connectivity index (χ0n) is 18.3. The van der Waals surface area contributed by atoms with Gasteiger partial charge in [0.1, 0.15) is 29.4 Å². The molecule has 0 radical (unpaired) electrons. The number of furan rings is 1. The molecular weight excluding hydrogens is 438 g/mol. The highest BCUT2D eigenvalue weighted by Gasteiger charge is 2.47. The SMILES string of the molecule is CC1Cc2cc(/C(O)=C3/C(=O)C(=O)N(Cc4ccc5c(c4)OCO5)C3c3ccco3)ccc2O1. The van der Waals surface area contributed by atoms with Crippen molar-refractivity contribution in [2.24, 2.45) is 0 Å². The Morgan fingerprint density at radius 3 is 2.71 bits per heavy atom. The third kappa shape index (κ3) is 3.22. The van der Waals surface area contributed by atoms with Crippen LogP contribution < -0.4 is 14.2 Å². The molecule has 3 aromatic rings. The van der Waals surface area contributed by atoms with Gasteiger partial charge >= 0.3 is 0 Å². The van der Waals surface area contributed by atoms with E-state index in [-0.39, 0.29) is 30.8 Å². The van der Waals surface area contributed by atoms with Crippen LogP contribution in [0.2, 0.25) is 0 Å². The second-order valence-corrected chi connectivity index (χ2v) is 8.59. The van der Waals surface area contributed by atoms with Gasteiger partial charge in [0.05, 0.1) is 11.8 Å². The highest BCUT2D eigenvalue weighted by molar-refractivity contribution is 6.46. The molecule has 2 aromatic carbocycles. The number of amides is 1. The Balaban J connectivity index is 1.42. The molecule has 0 aliphatic carbocycles. The predicted octanol–water partition coefficient (Wildman–Crippen LogP) is 3.95. The van der Waals surface area contributed by atoms with Crippen LogP contribution in [0.3, 0.4) is 0 Å². The molecule has 3 aliphatic rings. The monoisotopic (exact) mass is 459 g/mol. The summed E-state index contributed by atoms with van der Waals surface area (Å²) in [5, 5.41) is 11.2. The summed E-state index contributed by atoms with van der Waals surface area (Å²) in [5.41, 5.74) is 2.15. The van der Waals surface area contributed by atoms with Gasteiger partial charge in [-0.05, 0) is 60.5 Å². The van der Waals surface area contributed by atoms with Gasteiger partial charge in [0.25, 0.3) is 11.7 Å². The van der Waals surface area contributed by atoms with Crippen LogP contribution >= 0.6 is 0 Å². The predicted molar refractivity (Wildman–Crippen MR) is 119 cm³/mol. The van der Waals surface area contributed by atoms with Crippen molar-refractivity contribution in [3.8, 4) is 17.2 Å². The third-order valence-corrected chi connectivity index (χ3v) is 6.31. The number of aliphatic hydroxyl groups is 1. The highest BCUT2D eigenvalue weighted by atomic mass is 16.7. The maximum Gasteiger partial charge on any atom is 0.296 e. The second kappa shape index (κ2) is 7.69. The van der Waals surface area contributed by atoms with Crippen molar-refractivity contribution in [3.05, 3.63) is 82.8 Å². The first-order chi connectivity index (χ1) is 16.5. The van der Waals surface area contributed by atoms with Gasteiger partial charge in [0.15, 0.2) is 11.5 Å². The molecule has 8 heteroatoms. The average molecular weight is 459 g/mol. The molecule has 1 fully saturated rings. The molecule has 1 saturated heterocycles. The zero-order chi connectivity index (χ0) is 23.4. The molecule has 2 unspecified atom stereocenters. The number of hydrogen-bond acceptors (Lipinski definition) is 7. The maximum absolute atomic E-state index is 13.2. The van der Waals surface area contributed by atoms with Crippen molar-refractivity contribution in [1.29, 1.82) is 0 Å². The van der Waals surface area contributed by atoms with E-state index >= 15 is 0 Å². The Bertz CT molecular complexity index is 1340. The summed E-state index contributed by atoms with van der Waals surface area (Å²) in [4.78, 5) is 27.7. The minimum absolute atomic E-state index is 0.00685. The van der Waals surface area contributed by atoms with E-state index in [4.69, 9.17) is 18.6 Å². The summed E-state index contributed by atoms with van der Waals surface area (Å²) < 4.78 is 22.1. The van der Waals surface area contributed by atoms with Crippen molar-refractivity contribution in [3.63, 3.8) is 0 Å². The zero-order valence-corrected chi connectivity index (χ0v) is 18.3. The Morgan fingerprint density at radius 1 is 1.06 bits per heavy atom. The molecule has 1 aromatic heterocycles. The summed E-state index contributed by atoms with van der Waals surface area (Å²) >= 11 is 0. The Hall–Kier alpha value is -4.20. The molecular formula is C26H21NO7. The van der Waals surface area contributed by atoms with Gasteiger partial charge in [-0.15, -0.1) is 0 Å². The van der Waals surface area contributed by atoms with Crippen LogP contribution in [0.5, 0.6) is 17.2 Å². The number of ether oxygens (including phenoxy) is 3. The fraction of sp³-hybridized carbons (Fsp3) is 0.231. The Labute approximate surface area is 194 Å². The van der Waals surface area contributed by atoms with Crippen molar-refractivity contribution in [1.82, 2.24) is 4.90 Å². The standard InChI is InChI=1S/C26H21NO7/c1-14-9-17-11-16(5-7-18(17)34-14)24(28)22-23(20-3-2-8-31-20)27(26(30)25(22)29)12-15-4-6-19-21(10-15)33-13-32-19/h2-8,10-11,14,23,28H,9,12-13H2,1H3/b24-22-. The average Bonchev–Trinajstić information content (AvgIpc) is 3.61. The van der Waals surface area contributed by atoms with Gasteiger partial charge in [-0.25, -0.2) is 0 Å². The number of ketones is 1. The number of aliphatic hydroxyl groups excluding tert-OH is 1. The molecule has 1 N–H and O–H groups in total. The number of benzene rings is 2. The molecule has 2 atom stereocenters. The van der Waals surface area contributed by atoms with Gasteiger partial charge in [-0.2, -0.15) is 0 Å². The summed E-state index contributed by atoms with van der Waals surface area (Å²) in [7, 11) is 0. The van der Waals surface area contributed by atoms with Gasteiger partial charge in [0, 0.05) is 18.5 Å². The lowest BCUT2D eigenvalue weighted by atomic mass is 9.97. The molecule has 4 heterocycles. The van der Waals surface area contributed by atoms with E-state index in [0.29, 0.717) is 29.2 Å². The van der Waals surface area contributed by atoms with Crippen LogP contribution in [-0.4, -0.2) is 34.6 Å². The first-order valence-corrected chi connectivity index (χ1v) is 11.0. The number of likely N-dealkylation sites (tertiary alicyclic amines) is 1. The van der Waals surface area contributed by atoms with Crippen molar-refractivity contribution in [2.75, 3.05) is 6.79 Å². The number of carbonyl (C=O) groups excluding carboxylic acids is 2. The maximum atomic E-state index is 13.2. The molecule has 0 bridgehead atoms. The molecule has 172 valence electrons. The van der Waals surface area contributed by atoms with Gasteiger partial charge < -0.3 is 28.6 Å². The lowest BCUT2D eigenvalue weighted by Crippen LogP contribution is -2.29. The topological polar surface area (TPSA) is 98.4 Å². The minimum atomic E-state index is -0.871. The second-order valence-electron chi connectivity index (χ2n) is 8.59. The summed E-state index contributed by atoms with van der Waals surface area (Å²) in [6, 6.07) is 13.1. The Morgan fingerprint density at radius 2 is 1.88 bits per heavy atom. The fourth-order valence-electron chi connectivity index (χ4n) is 4.75. The van der Waals surface area contributed by atoms with E-state index in [0.717, 1.165) is 16.9 Å². The lowest BCUT2D eigenvalue weighted by Gasteiger charge is -2.23. The fourth-order valence-corrected chi connectivity index (χ4v) is 4.75. The smallest absolute Gasteiger partial charge is 0.296 e. The molecule has 1 amide bonds. The van der Waals surface area contributed by atoms with Crippen molar-refractivity contribution >= 4 is 17.4 Å². The summed E-state index contributed by atoms with van der Waals surface area (Å²) in [5.74, 6) is 0.648. The largest absolute Gasteiger partial charge is 0.507 e. The van der Waals surface area contributed by atoms with E-state index in [1.165, 1.54) is 11.2 Å². The molecule has 8 nitrogen and oxygen atoms in total. The van der Waals surface area contributed by atoms with Gasteiger partial charge in [-0.1, -0.05) is 6.07 Å². The number of hydrogen-bond donors (Lipinski definition) is 1. The number of carbonyl (C=O) groups is 2. The quantitative estimate of drug-likeness (QED) is 0.358. The van der Waals surface area contributed by atoms with E-state index in [1.54, 1.807) is 42.5 Å². The summed E-state index contributed by atoms with van der Waals surface area (Å²) in [6.07, 6.45) is 2.23. The van der Waals surface area contributed by atoms with Crippen LogP contribution in [0.25, 0.3) is 5.76 Å². The Kier molecular flexibility index (Phi) is 4.62. The van der Waals surface area contributed by atoms with Gasteiger partial charge in [0.2, 0.25) is 6.79 Å². The van der Waals surface area contributed by atoms with Crippen LogP contribution in [0, 0.1) is 0 Å². The first-order valence-electron chi connectivity index (χ1n) is 11.0. The van der Waals surface area contributed by atoms with Crippen molar-refractivity contribution < 1.29 is 33.3 Å². The third-order valence-electron chi connectivity index (χ3n) is 6.31. The van der Waals surface area contributed by atoms with Crippen LogP contribution in [-0.2, 0) is 22.6 Å². The van der Waals surface area contributed by atoms with E-state index < -0.39 is 17.7 Å².